The summed E-state index contributed by atoms with van der Waals surface area (Å²) in [5, 5.41) is 0. The molecule has 0 aromatic heterocycles. The van der Waals surface area contributed by atoms with E-state index in [4.69, 9.17) is 0 Å². The van der Waals surface area contributed by atoms with Crippen molar-refractivity contribution in [2.45, 2.75) is 6.92 Å². The Hall–Kier alpha value is 1.06. The van der Waals surface area contributed by atoms with Crippen LogP contribution in [0.25, 0.3) is 0 Å². The summed E-state index contributed by atoms with van der Waals surface area (Å²) in [7, 11) is 0. The molecule has 0 aliphatic carbocycles. The zero-order valence-electron chi connectivity index (χ0n) is 4.94. The third-order valence-electron chi connectivity index (χ3n) is 0.400. The molecule has 52 valence electrons. The molecule has 0 heterocycles. The van der Waals surface area contributed by atoms with Crippen molar-refractivity contribution in [3.63, 3.8) is 0 Å². The molecule has 0 rings (SSSR count). The van der Waals surface area contributed by atoms with Crippen LogP contribution in [0, 0.1) is 0 Å². The fraction of sp³-hybridized carbons (Fsp3) is 0.200. The normalized spacial score (nSPS) is 7.89. The van der Waals surface area contributed by atoms with Gasteiger partial charge >= 0.3 is 50.0 Å². The quantitative estimate of drug-likeness (QED) is 0.305. The summed E-state index contributed by atoms with van der Waals surface area (Å²) in [6.07, 6.45) is 6.00. The van der Waals surface area contributed by atoms with Gasteiger partial charge in [-0.15, -0.1) is 0 Å². The standard InChI is InChI=1S/C5H7.3ClH.Ti/c1-3-5-4-2;;;;/h1,3-5H,2H3;3*1H;/q;;;;+3/p-3. The number of allylic oxidation sites excluding steroid dienone is 3. The van der Waals surface area contributed by atoms with Crippen molar-refractivity contribution in [3.8, 4) is 0 Å². The Kier molecular flexibility index (Phi) is 57.4. The van der Waals surface area contributed by atoms with Gasteiger partial charge in [0.1, 0.15) is 0 Å². The Labute approximate surface area is 86.8 Å². The predicted octanol–water partition coefficient (Wildman–Crippen LogP) is -7.37. The molecule has 0 atom stereocenters. The summed E-state index contributed by atoms with van der Waals surface area (Å²) in [4.78, 5) is 0. The molecular weight excluding hydrogens is 214 g/mol. The van der Waals surface area contributed by atoms with E-state index in [-0.39, 0.29) is 37.2 Å². The molecule has 0 aliphatic rings. The van der Waals surface area contributed by atoms with E-state index in [2.05, 4.69) is 0 Å². The summed E-state index contributed by atoms with van der Waals surface area (Å²) in [5.41, 5.74) is 0. The van der Waals surface area contributed by atoms with Crippen LogP contribution in [0.15, 0.2) is 22.6 Å². The zero-order valence-corrected chi connectivity index (χ0v) is 8.77. The van der Waals surface area contributed by atoms with Crippen molar-refractivity contribution in [3.05, 3.63) is 22.6 Å². The van der Waals surface area contributed by atoms with Gasteiger partial charge in [-0.05, 0) is 0 Å². The molecule has 0 spiro atoms. The van der Waals surface area contributed by atoms with Gasteiger partial charge in [0.25, 0.3) is 0 Å². The van der Waals surface area contributed by atoms with Crippen LogP contribution in [0.2, 0.25) is 0 Å². The summed E-state index contributed by atoms with van der Waals surface area (Å²) in [6.45, 7) is 2.00. The second-order valence-corrected chi connectivity index (χ2v) is 1.41. The number of rotatable bonds is 1. The topological polar surface area (TPSA) is 0 Å². The van der Waals surface area contributed by atoms with Gasteiger partial charge in [-0.1, -0.05) is 0 Å². The maximum atomic E-state index is 2.00. The van der Waals surface area contributed by atoms with Crippen molar-refractivity contribution < 1.29 is 57.7 Å². The minimum absolute atomic E-state index is 0. The van der Waals surface area contributed by atoms with Crippen LogP contribution in [0.1, 0.15) is 6.92 Å². The molecule has 0 aliphatic heterocycles. The van der Waals surface area contributed by atoms with E-state index in [1.54, 1.807) is 0 Å². The smallest absolute Gasteiger partial charge is 1.00 e. The van der Waals surface area contributed by atoms with Gasteiger partial charge in [0, 0.05) is 0 Å². The van der Waals surface area contributed by atoms with Crippen LogP contribution in [-0.2, 0) is 20.4 Å². The molecule has 0 aromatic rings. The fourth-order valence-corrected chi connectivity index (χ4v) is 0.340. The van der Waals surface area contributed by atoms with E-state index in [0.29, 0.717) is 0 Å². The third kappa shape index (κ3) is 27.4. The SMILES string of the molecule is CC=CC=[CH][Ti+3].[Cl-].[Cl-].[Cl-]. The first kappa shape index (κ1) is 22.5. The van der Waals surface area contributed by atoms with E-state index < -0.39 is 0 Å². The summed E-state index contributed by atoms with van der Waals surface area (Å²) in [6, 6.07) is 0. The number of halogens is 3. The third-order valence-corrected chi connectivity index (χ3v) is 0.700. The molecule has 0 unspecified atom stereocenters. The molecule has 0 radical (unpaired) electrons. The molecule has 0 fully saturated rings. The maximum Gasteiger partial charge on any atom is -1.00 e. The van der Waals surface area contributed by atoms with E-state index in [9.17, 15) is 0 Å². The van der Waals surface area contributed by atoms with Crippen LogP contribution in [0.5, 0.6) is 0 Å². The van der Waals surface area contributed by atoms with E-state index in [1.165, 1.54) is 0 Å². The molecule has 0 saturated carbocycles. The van der Waals surface area contributed by atoms with E-state index in [0.717, 1.165) is 0 Å². The Bertz CT molecular complexity index is 60.6. The minimum atomic E-state index is 0. The predicted molar refractivity (Wildman–Crippen MR) is 24.0 cm³/mol. The van der Waals surface area contributed by atoms with Crippen LogP contribution < -0.4 is 37.2 Å². The van der Waals surface area contributed by atoms with Gasteiger partial charge in [0.15, 0.2) is 0 Å². The van der Waals surface area contributed by atoms with Gasteiger partial charge in [-0.2, -0.15) is 0 Å². The van der Waals surface area contributed by atoms with Crippen molar-refractivity contribution in [1.82, 2.24) is 0 Å². The first-order valence-corrected chi connectivity index (χ1v) is 2.77. The van der Waals surface area contributed by atoms with Crippen molar-refractivity contribution in [2.24, 2.45) is 0 Å². The van der Waals surface area contributed by atoms with E-state index >= 15 is 0 Å². The van der Waals surface area contributed by atoms with Crippen LogP contribution in [0.3, 0.4) is 0 Å². The zero-order chi connectivity index (χ0) is 4.83. The second-order valence-electron chi connectivity index (χ2n) is 0.885. The first-order valence-electron chi connectivity index (χ1n) is 1.87. The van der Waals surface area contributed by atoms with Crippen molar-refractivity contribution in [1.29, 1.82) is 0 Å². The fourth-order valence-electron chi connectivity index (χ4n) is 0.167. The Balaban J connectivity index is -0.0000000417. The summed E-state index contributed by atoms with van der Waals surface area (Å²) < 4.78 is 2.00. The molecule has 9 heavy (non-hydrogen) atoms. The minimum Gasteiger partial charge on any atom is -1.00 e. The van der Waals surface area contributed by atoms with Crippen molar-refractivity contribution >= 4 is 0 Å². The van der Waals surface area contributed by atoms with Gasteiger partial charge in [0.2, 0.25) is 0 Å². The monoisotopic (exact) mass is 220 g/mol. The molecule has 0 bridgehead atoms. The van der Waals surface area contributed by atoms with Crippen LogP contribution in [0.4, 0.5) is 0 Å². The van der Waals surface area contributed by atoms with Crippen molar-refractivity contribution in [2.75, 3.05) is 0 Å². The molecule has 0 amide bonds. The first-order chi connectivity index (χ1) is 2.91. The van der Waals surface area contributed by atoms with E-state index in [1.807, 2.05) is 50.0 Å². The maximum absolute atomic E-state index is 2.00. The van der Waals surface area contributed by atoms with Gasteiger partial charge in [-0.3, -0.25) is 0 Å². The van der Waals surface area contributed by atoms with Crippen LogP contribution >= 0.6 is 0 Å². The largest absolute Gasteiger partial charge is 1.00 e. The summed E-state index contributed by atoms with van der Waals surface area (Å²) in [5.74, 6) is 0. The Morgan fingerprint density at radius 3 is 1.56 bits per heavy atom. The van der Waals surface area contributed by atoms with Gasteiger partial charge in [-0.25, -0.2) is 0 Å². The molecular formula is C5H7Cl3Ti. The van der Waals surface area contributed by atoms with Gasteiger partial charge in [0.05, 0.1) is 0 Å². The average molecular weight is 221 g/mol. The molecule has 0 aromatic carbocycles. The molecule has 4 heteroatoms. The molecule has 0 nitrogen and oxygen atoms in total. The summed E-state index contributed by atoms with van der Waals surface area (Å²) >= 11 is 2.00. The second kappa shape index (κ2) is 23.0. The average Bonchev–Trinajstić information content (AvgIpc) is 1.61. The Morgan fingerprint density at radius 1 is 1.00 bits per heavy atom. The molecule has 0 saturated heterocycles. The number of hydrogen-bond donors (Lipinski definition) is 0. The van der Waals surface area contributed by atoms with Gasteiger partial charge < -0.3 is 37.2 Å². The number of hydrogen-bond acceptors (Lipinski definition) is 0. The van der Waals surface area contributed by atoms with Crippen LogP contribution in [-0.4, -0.2) is 0 Å². The Morgan fingerprint density at radius 2 is 1.44 bits per heavy atom. The molecule has 0 N–H and O–H groups in total.